The number of ether oxygens (including phenoxy) is 1. The van der Waals surface area contributed by atoms with Crippen LogP contribution in [0.4, 0.5) is 19.4 Å². The van der Waals surface area contributed by atoms with E-state index in [-0.39, 0.29) is 42.7 Å². The van der Waals surface area contributed by atoms with Crippen molar-refractivity contribution in [2.75, 3.05) is 32.1 Å². The topological polar surface area (TPSA) is 147 Å². The van der Waals surface area contributed by atoms with Gasteiger partial charge in [-0.25, -0.2) is 18.6 Å². The highest BCUT2D eigenvalue weighted by Gasteiger charge is 2.24. The van der Waals surface area contributed by atoms with Crippen molar-refractivity contribution in [3.8, 4) is 0 Å². The highest BCUT2D eigenvalue weighted by atomic mass is 35.5. The van der Waals surface area contributed by atoms with Crippen LogP contribution in [-0.2, 0) is 20.7 Å². The first kappa shape index (κ1) is 29.7. The van der Waals surface area contributed by atoms with Crippen molar-refractivity contribution in [2.24, 2.45) is 5.73 Å². The molecule has 13 heteroatoms. The Bertz CT molecular complexity index is 1350. The Morgan fingerprint density at radius 3 is 2.69 bits per heavy atom. The van der Waals surface area contributed by atoms with E-state index in [1.165, 1.54) is 48.5 Å². The molecule has 3 aromatic rings. The number of pyridine rings is 1. The number of nitrogens with one attached hydrogen (secondary N) is 2. The molecule has 39 heavy (non-hydrogen) atoms. The summed E-state index contributed by atoms with van der Waals surface area (Å²) in [4.78, 5) is 42.8. The molecule has 0 aliphatic rings. The number of carbonyl (C=O) groups is 3. The molecule has 0 bridgehead atoms. The minimum absolute atomic E-state index is 0.0377. The van der Waals surface area contributed by atoms with Gasteiger partial charge in [0, 0.05) is 31.6 Å². The maximum Gasteiger partial charge on any atom is 0.412 e. The number of halogens is 3. The van der Waals surface area contributed by atoms with Crippen molar-refractivity contribution in [2.45, 2.75) is 24.9 Å². The molecule has 3 amide bonds. The SMILES string of the molecule is CN(C(=O)CCc1cccc(F)c1Cl)[C@@H](CNC(=O)[C@@H](N)CO)COC(=O)Nc1cc2cc(F)ccc2cn1. The second-order valence-electron chi connectivity index (χ2n) is 8.69. The second kappa shape index (κ2) is 13.8. The maximum absolute atomic E-state index is 13.7. The molecule has 0 saturated carbocycles. The number of rotatable bonds is 11. The number of anilines is 1. The Morgan fingerprint density at radius 1 is 1.18 bits per heavy atom. The summed E-state index contributed by atoms with van der Waals surface area (Å²) in [5.74, 6) is -1.97. The number of benzene rings is 2. The van der Waals surface area contributed by atoms with E-state index in [0.717, 1.165) is 0 Å². The normalized spacial score (nSPS) is 12.5. The number of aromatic nitrogens is 1. The van der Waals surface area contributed by atoms with Crippen LogP contribution in [0.2, 0.25) is 5.02 Å². The third-order valence-electron chi connectivity index (χ3n) is 5.95. The van der Waals surface area contributed by atoms with E-state index in [4.69, 9.17) is 27.2 Å². The third kappa shape index (κ3) is 8.31. The van der Waals surface area contributed by atoms with Gasteiger partial charge in [0.15, 0.2) is 0 Å². The van der Waals surface area contributed by atoms with E-state index in [1.807, 2.05) is 0 Å². The molecule has 0 aliphatic heterocycles. The maximum atomic E-state index is 13.7. The fraction of sp³-hybridized carbons (Fsp3) is 0.308. The van der Waals surface area contributed by atoms with Gasteiger partial charge in [-0.3, -0.25) is 14.9 Å². The van der Waals surface area contributed by atoms with Gasteiger partial charge in [0.1, 0.15) is 30.1 Å². The average molecular weight is 564 g/mol. The lowest BCUT2D eigenvalue weighted by atomic mass is 10.1. The van der Waals surface area contributed by atoms with Crippen LogP contribution in [0.25, 0.3) is 10.8 Å². The molecule has 0 fully saturated rings. The fourth-order valence-electron chi connectivity index (χ4n) is 3.60. The van der Waals surface area contributed by atoms with Crippen LogP contribution < -0.4 is 16.4 Å². The number of fused-ring (bicyclic) bond motifs is 1. The quantitative estimate of drug-likeness (QED) is 0.280. The summed E-state index contributed by atoms with van der Waals surface area (Å²) in [6, 6.07) is 7.93. The van der Waals surface area contributed by atoms with Gasteiger partial charge in [0.25, 0.3) is 0 Å². The Kier molecular flexibility index (Phi) is 10.5. The molecule has 2 aromatic carbocycles. The van der Waals surface area contributed by atoms with Gasteiger partial charge >= 0.3 is 6.09 Å². The minimum Gasteiger partial charge on any atom is -0.447 e. The van der Waals surface area contributed by atoms with E-state index in [2.05, 4.69) is 15.6 Å². The van der Waals surface area contributed by atoms with Crippen molar-refractivity contribution in [1.82, 2.24) is 15.2 Å². The number of nitrogens with zero attached hydrogens (tertiary/aromatic N) is 2. The zero-order valence-electron chi connectivity index (χ0n) is 21.0. The Hall–Kier alpha value is -3.87. The van der Waals surface area contributed by atoms with Crippen LogP contribution in [0.15, 0.2) is 48.7 Å². The molecule has 10 nitrogen and oxygen atoms in total. The van der Waals surface area contributed by atoms with Crippen molar-refractivity contribution < 1.29 is 33.0 Å². The molecular weight excluding hydrogens is 536 g/mol. The van der Waals surface area contributed by atoms with Crippen LogP contribution >= 0.6 is 11.6 Å². The molecule has 0 unspecified atom stereocenters. The van der Waals surface area contributed by atoms with E-state index in [9.17, 15) is 23.2 Å². The molecule has 0 saturated heterocycles. The first-order valence-corrected chi connectivity index (χ1v) is 12.3. The number of aliphatic hydroxyl groups excluding tert-OH is 1. The van der Waals surface area contributed by atoms with E-state index in [1.54, 1.807) is 12.1 Å². The zero-order valence-corrected chi connectivity index (χ0v) is 21.8. The minimum atomic E-state index is -1.17. The molecule has 5 N–H and O–H groups in total. The van der Waals surface area contributed by atoms with Gasteiger partial charge in [0.2, 0.25) is 11.8 Å². The Balaban J connectivity index is 1.64. The van der Waals surface area contributed by atoms with Crippen molar-refractivity contribution in [3.05, 3.63) is 70.9 Å². The van der Waals surface area contributed by atoms with Crippen LogP contribution in [0.1, 0.15) is 12.0 Å². The molecule has 0 radical (unpaired) electrons. The predicted octanol–water partition coefficient (Wildman–Crippen LogP) is 2.61. The number of likely N-dealkylation sites (N-methyl/N-ethyl adjacent to an activating group) is 1. The summed E-state index contributed by atoms with van der Waals surface area (Å²) in [6.07, 6.45) is 0.687. The fourth-order valence-corrected chi connectivity index (χ4v) is 3.82. The summed E-state index contributed by atoms with van der Waals surface area (Å²) in [5, 5.41) is 15.2. The third-order valence-corrected chi connectivity index (χ3v) is 6.37. The van der Waals surface area contributed by atoms with Crippen molar-refractivity contribution in [3.63, 3.8) is 0 Å². The van der Waals surface area contributed by atoms with Crippen molar-refractivity contribution in [1.29, 1.82) is 0 Å². The predicted molar refractivity (Wildman–Crippen MR) is 141 cm³/mol. The zero-order chi connectivity index (χ0) is 28.5. The number of aryl methyl sites for hydroxylation is 1. The van der Waals surface area contributed by atoms with E-state index in [0.29, 0.717) is 16.3 Å². The summed E-state index contributed by atoms with van der Waals surface area (Å²) in [5.41, 5.74) is 5.98. The van der Waals surface area contributed by atoms with Crippen LogP contribution in [0, 0.1) is 11.6 Å². The van der Waals surface area contributed by atoms with Crippen LogP contribution in [0.5, 0.6) is 0 Å². The van der Waals surface area contributed by atoms with Crippen molar-refractivity contribution >= 4 is 46.1 Å². The molecule has 208 valence electrons. The molecule has 0 aliphatic carbocycles. The monoisotopic (exact) mass is 563 g/mol. The van der Waals surface area contributed by atoms with E-state index < -0.39 is 42.3 Å². The largest absolute Gasteiger partial charge is 0.447 e. The smallest absolute Gasteiger partial charge is 0.412 e. The van der Waals surface area contributed by atoms with Gasteiger partial charge in [0.05, 0.1) is 17.7 Å². The standard InChI is InChI=1S/C26H28ClF2N5O5/c1-34(23(36)8-6-15-3-2-4-20(29)24(15)27)19(12-32-25(37)21(30)13-35)14-39-26(38)33-22-10-17-9-18(28)7-5-16(17)11-31-22/h2-5,7,9-11,19,21,35H,6,8,12-14,30H2,1H3,(H,32,37)(H,31,33,38)/t19-,21-/m0/s1. The second-order valence-corrected chi connectivity index (χ2v) is 9.07. The molecular formula is C26H28ClF2N5O5. The van der Waals surface area contributed by atoms with E-state index >= 15 is 0 Å². The lowest BCUT2D eigenvalue weighted by molar-refractivity contribution is -0.133. The lowest BCUT2D eigenvalue weighted by Gasteiger charge is -2.28. The number of hydrogen-bond donors (Lipinski definition) is 4. The van der Waals surface area contributed by atoms with Crippen LogP contribution in [0.3, 0.4) is 0 Å². The average Bonchev–Trinajstić information content (AvgIpc) is 2.92. The molecule has 2 atom stereocenters. The van der Waals surface area contributed by atoms with Gasteiger partial charge in [-0.1, -0.05) is 23.7 Å². The Labute approximate surface area is 228 Å². The van der Waals surface area contributed by atoms with Gasteiger partial charge in [-0.15, -0.1) is 0 Å². The summed E-state index contributed by atoms with van der Waals surface area (Å²) >= 11 is 5.97. The molecule has 0 spiro atoms. The van der Waals surface area contributed by atoms with Gasteiger partial charge in [-0.2, -0.15) is 0 Å². The summed E-state index contributed by atoms with van der Waals surface area (Å²) < 4.78 is 32.5. The van der Waals surface area contributed by atoms with Gasteiger partial charge < -0.3 is 25.8 Å². The Morgan fingerprint density at radius 2 is 1.95 bits per heavy atom. The first-order valence-electron chi connectivity index (χ1n) is 11.9. The number of hydrogen-bond acceptors (Lipinski definition) is 7. The first-order chi connectivity index (χ1) is 18.6. The molecule has 1 heterocycles. The summed E-state index contributed by atoms with van der Waals surface area (Å²) in [6.45, 7) is -1.05. The summed E-state index contributed by atoms with van der Waals surface area (Å²) in [7, 11) is 1.46. The number of carbonyl (C=O) groups excluding carboxylic acids is 3. The number of aliphatic hydroxyl groups is 1. The molecule has 3 rings (SSSR count). The molecule has 1 aromatic heterocycles. The van der Waals surface area contributed by atoms with Crippen LogP contribution in [-0.4, -0.2) is 71.8 Å². The lowest BCUT2D eigenvalue weighted by Crippen LogP contribution is -2.51. The number of amides is 3. The highest BCUT2D eigenvalue weighted by molar-refractivity contribution is 6.31. The number of nitrogens with two attached hydrogens (primary N) is 1. The van der Waals surface area contributed by atoms with Gasteiger partial charge in [-0.05, 0) is 47.7 Å². The highest BCUT2D eigenvalue weighted by Crippen LogP contribution is 2.21.